The normalized spacial score (nSPS) is 16.2. The molecule has 1 aromatic heterocycles. The van der Waals surface area contributed by atoms with E-state index >= 15 is 0 Å². The van der Waals surface area contributed by atoms with Crippen molar-refractivity contribution in [1.82, 2.24) is 15.4 Å². The van der Waals surface area contributed by atoms with Gasteiger partial charge in [0.25, 0.3) is 0 Å². The van der Waals surface area contributed by atoms with Crippen LogP contribution in [0.25, 0.3) is 0 Å². The van der Waals surface area contributed by atoms with Gasteiger partial charge in [-0.15, -0.1) is 0 Å². The van der Waals surface area contributed by atoms with Crippen LogP contribution in [0.5, 0.6) is 0 Å². The van der Waals surface area contributed by atoms with Gasteiger partial charge in [0.05, 0.1) is 18.0 Å². The Labute approximate surface area is 114 Å². The van der Waals surface area contributed by atoms with Crippen LogP contribution in [0.2, 0.25) is 0 Å². The van der Waals surface area contributed by atoms with Crippen LogP contribution in [0.15, 0.2) is 10.6 Å². The van der Waals surface area contributed by atoms with E-state index in [4.69, 9.17) is 4.52 Å². The fourth-order valence-electron chi connectivity index (χ4n) is 1.72. The van der Waals surface area contributed by atoms with Crippen LogP contribution in [0.3, 0.4) is 0 Å². The Morgan fingerprint density at radius 2 is 2.26 bits per heavy atom. The zero-order chi connectivity index (χ0) is 13.9. The lowest BCUT2D eigenvalue weighted by Crippen LogP contribution is -2.24. The van der Waals surface area contributed by atoms with E-state index in [1.54, 1.807) is 0 Å². The Hall–Kier alpha value is -0.920. The van der Waals surface area contributed by atoms with E-state index in [-0.39, 0.29) is 5.75 Å². The van der Waals surface area contributed by atoms with Gasteiger partial charge in [-0.3, -0.25) is 4.90 Å². The molecule has 0 atom stereocenters. The first-order chi connectivity index (χ1) is 8.92. The Bertz CT molecular complexity index is 508. The fourth-order valence-corrected chi connectivity index (χ4v) is 2.36. The van der Waals surface area contributed by atoms with Gasteiger partial charge in [-0.1, -0.05) is 5.16 Å². The van der Waals surface area contributed by atoms with Crippen molar-refractivity contribution in [3.63, 3.8) is 0 Å². The molecular formula is C12H21N3O3S. The predicted octanol–water partition coefficient (Wildman–Crippen LogP) is 0.403. The third kappa shape index (κ3) is 5.71. The van der Waals surface area contributed by atoms with E-state index in [0.717, 1.165) is 18.0 Å². The van der Waals surface area contributed by atoms with E-state index in [9.17, 15) is 8.42 Å². The van der Waals surface area contributed by atoms with Crippen LogP contribution >= 0.6 is 0 Å². The van der Waals surface area contributed by atoms with E-state index in [0.29, 0.717) is 19.1 Å². The van der Waals surface area contributed by atoms with Crippen LogP contribution < -0.4 is 5.32 Å². The van der Waals surface area contributed by atoms with Gasteiger partial charge in [0, 0.05) is 31.5 Å². The molecule has 0 amide bonds. The highest BCUT2D eigenvalue weighted by Gasteiger charge is 2.20. The van der Waals surface area contributed by atoms with Crippen molar-refractivity contribution in [1.29, 1.82) is 0 Å². The molecule has 1 aromatic rings. The summed E-state index contributed by atoms with van der Waals surface area (Å²) in [5, 5.41) is 7.36. The third-order valence-corrected chi connectivity index (χ3v) is 3.95. The fraction of sp³-hybridized carbons (Fsp3) is 0.750. The van der Waals surface area contributed by atoms with Crippen molar-refractivity contribution in [3.05, 3.63) is 17.5 Å². The molecule has 1 saturated carbocycles. The number of hydrogen-bond acceptors (Lipinski definition) is 6. The van der Waals surface area contributed by atoms with Crippen molar-refractivity contribution >= 4 is 9.84 Å². The van der Waals surface area contributed by atoms with Crippen LogP contribution in [0, 0.1) is 0 Å². The highest BCUT2D eigenvalue weighted by atomic mass is 32.2. The van der Waals surface area contributed by atoms with Crippen LogP contribution in [-0.4, -0.2) is 50.1 Å². The molecular weight excluding hydrogens is 266 g/mol. The summed E-state index contributed by atoms with van der Waals surface area (Å²) in [6, 6.07) is 2.57. The molecule has 0 unspecified atom stereocenters. The molecule has 19 heavy (non-hydrogen) atoms. The van der Waals surface area contributed by atoms with E-state index in [1.807, 2.05) is 18.0 Å². The van der Waals surface area contributed by atoms with Gasteiger partial charge < -0.3 is 9.84 Å². The van der Waals surface area contributed by atoms with Crippen LogP contribution in [0.1, 0.15) is 24.3 Å². The molecule has 1 heterocycles. The predicted molar refractivity (Wildman–Crippen MR) is 72.4 cm³/mol. The average molecular weight is 287 g/mol. The monoisotopic (exact) mass is 287 g/mol. The maximum Gasteiger partial charge on any atom is 0.151 e. The number of sulfone groups is 1. The van der Waals surface area contributed by atoms with Gasteiger partial charge in [-0.05, 0) is 19.9 Å². The first-order valence-electron chi connectivity index (χ1n) is 6.46. The SMILES string of the molecule is CN(CCS(C)(=O)=O)Cc1cc(CNC2CC2)no1. The minimum Gasteiger partial charge on any atom is -0.360 e. The number of aromatic nitrogens is 1. The summed E-state index contributed by atoms with van der Waals surface area (Å²) in [5.41, 5.74) is 0.901. The number of nitrogens with zero attached hydrogens (tertiary/aromatic N) is 2. The molecule has 1 fully saturated rings. The van der Waals surface area contributed by atoms with Crippen molar-refractivity contribution < 1.29 is 12.9 Å². The zero-order valence-electron chi connectivity index (χ0n) is 11.4. The molecule has 0 saturated heterocycles. The van der Waals surface area contributed by atoms with Gasteiger partial charge in [0.1, 0.15) is 9.84 Å². The second-order valence-electron chi connectivity index (χ2n) is 5.31. The maximum atomic E-state index is 11.1. The summed E-state index contributed by atoms with van der Waals surface area (Å²) in [4.78, 5) is 1.92. The van der Waals surface area contributed by atoms with Gasteiger partial charge in [0.15, 0.2) is 5.76 Å². The minimum absolute atomic E-state index is 0.160. The Kier molecular flexibility index (Phi) is 4.59. The van der Waals surface area contributed by atoms with Gasteiger partial charge >= 0.3 is 0 Å². The molecule has 0 spiro atoms. The molecule has 7 heteroatoms. The number of hydrogen-bond donors (Lipinski definition) is 1. The summed E-state index contributed by atoms with van der Waals surface area (Å²) >= 11 is 0. The topological polar surface area (TPSA) is 75.4 Å². The third-order valence-electron chi connectivity index (χ3n) is 3.03. The standard InChI is InChI=1S/C12H21N3O3S/c1-15(5-6-19(2,16)17)9-12-7-11(14-18-12)8-13-10-3-4-10/h7,10,13H,3-6,8-9H2,1-2H3. The summed E-state index contributed by atoms with van der Waals surface area (Å²) in [6.07, 6.45) is 3.74. The highest BCUT2D eigenvalue weighted by molar-refractivity contribution is 7.90. The van der Waals surface area contributed by atoms with E-state index in [1.165, 1.54) is 19.1 Å². The Morgan fingerprint density at radius 3 is 2.89 bits per heavy atom. The van der Waals surface area contributed by atoms with Gasteiger partial charge in [-0.25, -0.2) is 8.42 Å². The molecule has 0 bridgehead atoms. The quantitative estimate of drug-likeness (QED) is 0.746. The lowest BCUT2D eigenvalue weighted by Gasteiger charge is -2.13. The highest BCUT2D eigenvalue weighted by Crippen LogP contribution is 2.19. The molecule has 1 N–H and O–H groups in total. The molecule has 1 aliphatic carbocycles. The summed E-state index contributed by atoms with van der Waals surface area (Å²) in [7, 11) is -1.04. The van der Waals surface area contributed by atoms with Crippen molar-refractivity contribution in [3.8, 4) is 0 Å². The first-order valence-corrected chi connectivity index (χ1v) is 8.52. The smallest absolute Gasteiger partial charge is 0.151 e. The summed E-state index contributed by atoms with van der Waals surface area (Å²) in [6.45, 7) is 1.81. The molecule has 6 nitrogen and oxygen atoms in total. The van der Waals surface area contributed by atoms with Crippen LogP contribution in [-0.2, 0) is 22.9 Å². The lowest BCUT2D eigenvalue weighted by atomic mass is 10.3. The molecule has 1 aliphatic rings. The number of rotatable bonds is 8. The van der Waals surface area contributed by atoms with E-state index < -0.39 is 9.84 Å². The van der Waals surface area contributed by atoms with Crippen molar-refractivity contribution in [2.45, 2.75) is 32.0 Å². The minimum atomic E-state index is -2.92. The van der Waals surface area contributed by atoms with Gasteiger partial charge in [0.2, 0.25) is 0 Å². The largest absolute Gasteiger partial charge is 0.360 e. The van der Waals surface area contributed by atoms with Crippen molar-refractivity contribution in [2.75, 3.05) is 25.6 Å². The maximum absolute atomic E-state index is 11.1. The molecule has 0 radical (unpaired) electrons. The Morgan fingerprint density at radius 1 is 1.53 bits per heavy atom. The first kappa shape index (κ1) is 14.5. The lowest BCUT2D eigenvalue weighted by molar-refractivity contribution is 0.282. The molecule has 2 rings (SSSR count). The molecule has 0 aromatic carbocycles. The zero-order valence-corrected chi connectivity index (χ0v) is 12.2. The second kappa shape index (κ2) is 6.02. The van der Waals surface area contributed by atoms with Crippen LogP contribution in [0.4, 0.5) is 0 Å². The van der Waals surface area contributed by atoms with Gasteiger partial charge in [-0.2, -0.15) is 0 Å². The summed E-state index contributed by atoms with van der Waals surface area (Å²) < 4.78 is 27.4. The van der Waals surface area contributed by atoms with E-state index in [2.05, 4.69) is 10.5 Å². The second-order valence-corrected chi connectivity index (χ2v) is 7.57. The Balaban J connectivity index is 1.74. The molecule has 0 aliphatic heterocycles. The average Bonchev–Trinajstić information content (AvgIpc) is 3.04. The molecule has 108 valence electrons. The van der Waals surface area contributed by atoms with Crippen molar-refractivity contribution in [2.24, 2.45) is 0 Å². The number of nitrogens with one attached hydrogen (secondary N) is 1. The summed E-state index contributed by atoms with van der Waals surface area (Å²) in [5.74, 6) is 0.928.